The fourth-order valence-electron chi connectivity index (χ4n) is 10.3. The Labute approximate surface area is 462 Å². The lowest BCUT2D eigenvalue weighted by Crippen LogP contribution is -2.64. The Kier molecular flexibility index (Phi) is 20.7. The number of halogens is 3. The highest BCUT2D eigenvalue weighted by Crippen LogP contribution is 2.45. The number of hydrogen-bond acceptors (Lipinski definition) is 11. The first-order valence-electron chi connectivity index (χ1n) is 23.8. The summed E-state index contributed by atoms with van der Waals surface area (Å²) in [5.41, 5.74) is 5.13. The number of amides is 5. The summed E-state index contributed by atoms with van der Waals surface area (Å²) in [5.74, 6) is -2.24. The van der Waals surface area contributed by atoms with E-state index >= 15 is 0 Å². The summed E-state index contributed by atoms with van der Waals surface area (Å²) < 4.78 is 56.9. The third kappa shape index (κ3) is 13.0. The van der Waals surface area contributed by atoms with Gasteiger partial charge in [-0.15, -0.1) is 11.3 Å². The van der Waals surface area contributed by atoms with Crippen molar-refractivity contribution in [1.29, 1.82) is 0 Å². The Morgan fingerprint density at radius 3 is 2.45 bits per heavy atom. The number of ether oxygens (including phenoxy) is 2. The standard InChI is InChI=1S/C50H62F3N9O7S.4H2S/c1-9-40(63)61-21-20-59(26-49(61)16-17-49)47(67)58(7)42(29(2)3)44(64)56-36-23-39-55-37(25-70-39)31-14-15-38-33(22-31)34(24-48(5,6)28-69-46(66)35-13-11-19-62(57-35)45(36)65)43(60(38)27-50(51,52)53)32-12-10-18-54-41(32)30(4)68-8;;;;/h9-10,12,14-15,18,22,25,29-30,35-36,42,57H,1,11,13,16-17,19-21,23-24,26-28H2,2-8H3,(H,56,64);4*1H2/t30-,35-,36-,42-;;;;/m0..../s1. The number of benzene rings is 1. The molecule has 0 radical (unpaired) electrons. The number of carbonyl (C=O) groups excluding carboxylic acids is 5. The molecule has 74 heavy (non-hydrogen) atoms. The van der Waals surface area contributed by atoms with Crippen LogP contribution in [0.4, 0.5) is 18.0 Å². The lowest BCUT2D eigenvalue weighted by molar-refractivity contribution is -0.155. The molecule has 5 amide bonds. The van der Waals surface area contributed by atoms with Crippen molar-refractivity contribution in [2.24, 2.45) is 11.3 Å². The summed E-state index contributed by atoms with van der Waals surface area (Å²) >= 11 is 1.26. The van der Waals surface area contributed by atoms with Crippen molar-refractivity contribution in [3.63, 3.8) is 0 Å². The van der Waals surface area contributed by atoms with Crippen molar-refractivity contribution in [3.05, 3.63) is 70.8 Å². The molecule has 3 aromatic heterocycles. The van der Waals surface area contributed by atoms with Crippen LogP contribution in [0.5, 0.6) is 0 Å². The molecule has 24 heteroatoms. The third-order valence-corrected chi connectivity index (χ3v) is 14.9. The SMILES string of the molecule is C=CC(=O)N1CCN(C(=O)N(C)[C@H](C(=O)N[C@H]2Cc3nc(cs3)-c3ccc4c(c3)c(c(-c3cccnc3[C@H](C)OC)n4CC(F)(F)F)CC(C)(C)COC(=O)[C@@H]3CCCN(N3)C2=O)C(C)C)CC12CC2.S.S.S.S. The van der Waals surface area contributed by atoms with Gasteiger partial charge < -0.3 is 34.1 Å². The number of hydrogen-bond donors (Lipinski definition) is 2. The number of urea groups is 1. The molecule has 2 N–H and O–H groups in total. The second-order valence-electron chi connectivity index (χ2n) is 20.2. The van der Waals surface area contributed by atoms with Crippen LogP contribution in [0, 0.1) is 11.3 Å². The molecule has 1 saturated carbocycles. The maximum atomic E-state index is 14.7. The molecule has 0 unspecified atom stereocenters. The van der Waals surface area contributed by atoms with Gasteiger partial charge in [0.1, 0.15) is 24.7 Å². The van der Waals surface area contributed by atoms with Gasteiger partial charge in [0.25, 0.3) is 5.91 Å². The minimum atomic E-state index is -4.60. The summed E-state index contributed by atoms with van der Waals surface area (Å²) in [6.07, 6.45) is 0.172. The molecule has 4 aromatic rings. The molecule has 4 atom stereocenters. The van der Waals surface area contributed by atoms with Gasteiger partial charge in [-0.2, -0.15) is 67.2 Å². The van der Waals surface area contributed by atoms with Gasteiger partial charge in [0, 0.05) is 85.8 Å². The van der Waals surface area contributed by atoms with E-state index in [2.05, 4.69) is 22.3 Å². The highest BCUT2D eigenvalue weighted by Gasteiger charge is 2.54. The van der Waals surface area contributed by atoms with Crippen LogP contribution in [-0.2, 0) is 48.0 Å². The molecular formula is C50H70F3N9O7S5. The number of cyclic esters (lactones) is 1. The molecule has 3 aliphatic heterocycles. The van der Waals surface area contributed by atoms with Crippen LogP contribution in [0.1, 0.15) is 82.7 Å². The number of methoxy groups -OCH3 is 1. The molecule has 1 aliphatic carbocycles. The van der Waals surface area contributed by atoms with Crippen LogP contribution in [-0.4, -0.2) is 141 Å². The van der Waals surface area contributed by atoms with E-state index in [9.17, 15) is 37.1 Å². The summed E-state index contributed by atoms with van der Waals surface area (Å²) in [6, 6.07) is 5.15. The van der Waals surface area contributed by atoms with Crippen LogP contribution in [0.3, 0.4) is 0 Å². The predicted octanol–water partition coefficient (Wildman–Crippen LogP) is 7.14. The number of nitrogens with one attached hydrogen (secondary N) is 2. The van der Waals surface area contributed by atoms with Gasteiger partial charge in [-0.1, -0.05) is 40.3 Å². The van der Waals surface area contributed by atoms with Gasteiger partial charge in [0.15, 0.2) is 0 Å². The topological polar surface area (TPSA) is 172 Å². The van der Waals surface area contributed by atoms with E-state index in [1.54, 1.807) is 54.2 Å². The van der Waals surface area contributed by atoms with E-state index < -0.39 is 65.7 Å². The smallest absolute Gasteiger partial charge is 0.406 e. The van der Waals surface area contributed by atoms with Crippen molar-refractivity contribution in [1.82, 2.24) is 45.0 Å². The Balaban J connectivity index is 0.00000296. The van der Waals surface area contributed by atoms with E-state index in [0.29, 0.717) is 75.6 Å². The third-order valence-electron chi connectivity index (χ3n) is 14.0. The number of hydrazine groups is 1. The Bertz CT molecular complexity index is 2700. The molecule has 16 nitrogen and oxygen atoms in total. The number of esters is 1. The molecule has 1 aromatic carbocycles. The molecule has 8 rings (SSSR count). The number of thiazole rings is 1. The summed E-state index contributed by atoms with van der Waals surface area (Å²) in [6.45, 7) is 12.6. The summed E-state index contributed by atoms with van der Waals surface area (Å²) in [5, 5.41) is 7.15. The van der Waals surface area contributed by atoms with Gasteiger partial charge in [0.05, 0.1) is 40.3 Å². The molecule has 6 bridgehead atoms. The lowest BCUT2D eigenvalue weighted by Gasteiger charge is -2.44. The van der Waals surface area contributed by atoms with Gasteiger partial charge in [0.2, 0.25) is 11.8 Å². The molecule has 6 heterocycles. The minimum Gasteiger partial charge on any atom is -0.464 e. The second-order valence-corrected chi connectivity index (χ2v) is 21.1. The fourth-order valence-corrected chi connectivity index (χ4v) is 11.1. The molecular weight excluding hydrogens is 1060 g/mol. The molecule has 4 aliphatic rings. The highest BCUT2D eigenvalue weighted by molar-refractivity contribution is 7.59. The van der Waals surface area contributed by atoms with Gasteiger partial charge in [-0.05, 0) is 80.9 Å². The number of aromatic nitrogens is 3. The van der Waals surface area contributed by atoms with Crippen LogP contribution in [0.15, 0.2) is 54.6 Å². The molecule has 3 fully saturated rings. The van der Waals surface area contributed by atoms with Crippen LogP contribution in [0.25, 0.3) is 33.4 Å². The quantitative estimate of drug-likeness (QED) is 0.130. The second kappa shape index (κ2) is 24.7. The zero-order chi connectivity index (χ0) is 50.4. The first-order valence-corrected chi connectivity index (χ1v) is 24.7. The van der Waals surface area contributed by atoms with E-state index in [1.807, 2.05) is 39.1 Å². The first-order chi connectivity index (χ1) is 33.1. The predicted molar refractivity (Wildman–Crippen MR) is 298 cm³/mol. The Hall–Kier alpha value is -4.46. The monoisotopic (exact) mass is 1130 g/mol. The lowest BCUT2D eigenvalue weighted by atomic mass is 9.84. The first kappa shape index (κ1) is 62.1. The average Bonchev–Trinajstić information content (AvgIpc) is 3.81. The molecule has 1 spiro atoms. The minimum absolute atomic E-state index is 0. The summed E-state index contributed by atoms with van der Waals surface area (Å²) in [4.78, 5) is 84.3. The molecule has 408 valence electrons. The van der Waals surface area contributed by atoms with Gasteiger partial charge in [-0.3, -0.25) is 29.2 Å². The highest BCUT2D eigenvalue weighted by atomic mass is 32.1. The molecule has 2 saturated heterocycles. The maximum absolute atomic E-state index is 14.7. The van der Waals surface area contributed by atoms with E-state index in [4.69, 9.17) is 14.5 Å². The number of alkyl halides is 3. The summed E-state index contributed by atoms with van der Waals surface area (Å²) in [7, 11) is 3.08. The Morgan fingerprint density at radius 2 is 1.80 bits per heavy atom. The van der Waals surface area contributed by atoms with E-state index in [0.717, 1.165) is 12.8 Å². The average molecular weight is 1130 g/mol. The van der Waals surface area contributed by atoms with Crippen molar-refractivity contribution < 1.29 is 46.6 Å². The zero-order valence-electron chi connectivity index (χ0n) is 42.7. The van der Waals surface area contributed by atoms with Crippen molar-refractivity contribution in [3.8, 4) is 22.5 Å². The normalized spacial score (nSPS) is 20.1. The van der Waals surface area contributed by atoms with Crippen LogP contribution in [0.2, 0.25) is 0 Å². The van der Waals surface area contributed by atoms with Crippen LogP contribution >= 0.6 is 65.3 Å². The van der Waals surface area contributed by atoms with Gasteiger partial charge >= 0.3 is 18.2 Å². The van der Waals surface area contributed by atoms with Crippen molar-refractivity contribution in [2.45, 2.75) is 116 Å². The number of rotatable bonds is 9. The largest absolute Gasteiger partial charge is 0.464 e. The number of likely N-dealkylation sites (N-methyl/N-ethyl adjacent to an activating group) is 1. The zero-order valence-corrected chi connectivity index (χ0v) is 47.5. The number of carbonyl (C=O) groups is 5. The number of pyridine rings is 1. The van der Waals surface area contributed by atoms with Crippen molar-refractivity contribution in [2.75, 3.05) is 46.9 Å². The van der Waals surface area contributed by atoms with E-state index in [-0.39, 0.29) is 104 Å². The Morgan fingerprint density at radius 1 is 1.08 bits per heavy atom. The maximum Gasteiger partial charge on any atom is 0.406 e. The van der Waals surface area contributed by atoms with Gasteiger partial charge in [-0.25, -0.2) is 15.2 Å². The fraction of sp³-hybridized carbons (Fsp3) is 0.540. The van der Waals surface area contributed by atoms with Crippen LogP contribution < -0.4 is 10.7 Å². The number of fused-ring (bicyclic) bond motifs is 6. The van der Waals surface area contributed by atoms with Crippen molar-refractivity contribution >= 4 is 106 Å². The number of nitrogens with zero attached hydrogens (tertiary/aromatic N) is 7. The number of piperazine rings is 1. The van der Waals surface area contributed by atoms with E-state index in [1.165, 1.54) is 39.0 Å².